The predicted molar refractivity (Wildman–Crippen MR) is 87.3 cm³/mol. The van der Waals surface area contributed by atoms with Crippen LogP contribution in [0.25, 0.3) is 11.1 Å². The van der Waals surface area contributed by atoms with Crippen LogP contribution in [0.4, 0.5) is 10.7 Å². The topological polar surface area (TPSA) is 24.9 Å². The maximum Gasteiger partial charge on any atom is 0.0926 e. The standard InChI is InChI=1S/C15H10Cl2N2S/c16-12-7-11(10-3-1-5-18-9-10)14(8-13(12)17)19-15-4-2-6-20-15/h1-9,19H. The molecule has 2 nitrogen and oxygen atoms in total. The lowest BCUT2D eigenvalue weighted by atomic mass is 10.1. The Morgan fingerprint density at radius 3 is 2.60 bits per heavy atom. The van der Waals surface area contributed by atoms with Crippen LogP contribution in [0.3, 0.4) is 0 Å². The van der Waals surface area contributed by atoms with E-state index >= 15 is 0 Å². The van der Waals surface area contributed by atoms with Gasteiger partial charge in [0, 0.05) is 29.2 Å². The van der Waals surface area contributed by atoms with Crippen LogP contribution in [-0.4, -0.2) is 4.98 Å². The molecule has 5 heteroatoms. The summed E-state index contributed by atoms with van der Waals surface area (Å²) in [6, 6.07) is 11.6. The zero-order chi connectivity index (χ0) is 13.9. The van der Waals surface area contributed by atoms with E-state index in [1.165, 1.54) is 0 Å². The van der Waals surface area contributed by atoms with Crippen LogP contribution in [0.15, 0.2) is 54.2 Å². The predicted octanol–water partition coefficient (Wildman–Crippen LogP) is 5.86. The molecule has 0 fully saturated rings. The number of nitrogens with one attached hydrogen (secondary N) is 1. The molecule has 0 saturated carbocycles. The Balaban J connectivity index is 2.10. The first kappa shape index (κ1) is 13.4. The Labute approximate surface area is 131 Å². The van der Waals surface area contributed by atoms with Crippen molar-refractivity contribution in [3.63, 3.8) is 0 Å². The monoisotopic (exact) mass is 320 g/mol. The summed E-state index contributed by atoms with van der Waals surface area (Å²) in [4.78, 5) is 4.15. The Hall–Kier alpha value is -1.55. The van der Waals surface area contributed by atoms with Crippen LogP contribution in [0, 0.1) is 0 Å². The number of hydrogen-bond acceptors (Lipinski definition) is 3. The maximum absolute atomic E-state index is 6.14. The van der Waals surface area contributed by atoms with Crippen LogP contribution < -0.4 is 5.32 Å². The molecule has 0 amide bonds. The van der Waals surface area contributed by atoms with Crippen molar-refractivity contribution in [2.24, 2.45) is 0 Å². The van der Waals surface area contributed by atoms with Gasteiger partial charge in [-0.25, -0.2) is 0 Å². The SMILES string of the molecule is Clc1cc(Nc2cccs2)c(-c2cccnc2)cc1Cl. The van der Waals surface area contributed by atoms with E-state index in [1.807, 2.05) is 41.8 Å². The normalized spacial score (nSPS) is 10.5. The molecule has 1 aromatic carbocycles. The molecule has 100 valence electrons. The van der Waals surface area contributed by atoms with Crippen molar-refractivity contribution < 1.29 is 0 Å². The van der Waals surface area contributed by atoms with Crippen molar-refractivity contribution >= 4 is 45.2 Å². The lowest BCUT2D eigenvalue weighted by Gasteiger charge is -2.12. The number of hydrogen-bond donors (Lipinski definition) is 1. The van der Waals surface area contributed by atoms with Gasteiger partial charge in [0.05, 0.1) is 15.0 Å². The largest absolute Gasteiger partial charge is 0.347 e. The minimum atomic E-state index is 0.526. The first-order valence-corrected chi connectivity index (χ1v) is 7.57. The van der Waals surface area contributed by atoms with Gasteiger partial charge < -0.3 is 5.32 Å². The molecule has 0 bridgehead atoms. The lowest BCUT2D eigenvalue weighted by molar-refractivity contribution is 1.33. The summed E-state index contributed by atoms with van der Waals surface area (Å²) < 4.78 is 0. The first-order valence-electron chi connectivity index (χ1n) is 5.94. The van der Waals surface area contributed by atoms with Crippen LogP contribution in [-0.2, 0) is 0 Å². The van der Waals surface area contributed by atoms with Gasteiger partial charge in [-0.1, -0.05) is 29.3 Å². The molecular weight excluding hydrogens is 311 g/mol. The van der Waals surface area contributed by atoms with Crippen LogP contribution in [0.1, 0.15) is 0 Å². The minimum Gasteiger partial charge on any atom is -0.347 e. The number of thiophene rings is 1. The number of halogens is 2. The molecule has 0 aliphatic carbocycles. The van der Waals surface area contributed by atoms with E-state index in [1.54, 1.807) is 23.7 Å². The van der Waals surface area contributed by atoms with Crippen LogP contribution >= 0.6 is 34.5 Å². The molecule has 3 rings (SSSR count). The zero-order valence-corrected chi connectivity index (χ0v) is 12.6. The summed E-state index contributed by atoms with van der Waals surface area (Å²) in [6.45, 7) is 0. The molecular formula is C15H10Cl2N2S. The minimum absolute atomic E-state index is 0.526. The number of benzene rings is 1. The number of rotatable bonds is 3. The molecule has 0 aliphatic heterocycles. The highest BCUT2D eigenvalue weighted by Crippen LogP contribution is 2.37. The van der Waals surface area contributed by atoms with Gasteiger partial charge in [0.15, 0.2) is 0 Å². The van der Waals surface area contributed by atoms with Crippen molar-refractivity contribution in [3.8, 4) is 11.1 Å². The number of pyridine rings is 1. The highest BCUT2D eigenvalue weighted by atomic mass is 35.5. The summed E-state index contributed by atoms with van der Waals surface area (Å²) in [5.74, 6) is 0. The number of aromatic nitrogens is 1. The van der Waals surface area contributed by atoms with Gasteiger partial charge in [0.1, 0.15) is 0 Å². The Kier molecular flexibility index (Phi) is 3.92. The highest BCUT2D eigenvalue weighted by molar-refractivity contribution is 7.14. The third-order valence-corrected chi connectivity index (χ3v) is 4.32. The number of anilines is 2. The average Bonchev–Trinajstić information content (AvgIpc) is 2.96. The van der Waals surface area contributed by atoms with Crippen molar-refractivity contribution in [1.82, 2.24) is 4.98 Å². The summed E-state index contributed by atoms with van der Waals surface area (Å²) in [6.07, 6.45) is 3.55. The summed E-state index contributed by atoms with van der Waals surface area (Å²) in [5, 5.41) is 7.49. The Bertz CT molecular complexity index is 712. The first-order chi connectivity index (χ1) is 9.74. The Morgan fingerprint density at radius 1 is 1.05 bits per heavy atom. The molecule has 0 saturated heterocycles. The lowest BCUT2D eigenvalue weighted by Crippen LogP contribution is -1.92. The summed E-state index contributed by atoms with van der Waals surface area (Å²) in [7, 11) is 0. The molecule has 20 heavy (non-hydrogen) atoms. The van der Waals surface area contributed by atoms with Gasteiger partial charge in [-0.15, -0.1) is 11.3 Å². The maximum atomic E-state index is 6.14. The zero-order valence-electron chi connectivity index (χ0n) is 10.3. The van der Waals surface area contributed by atoms with Gasteiger partial charge in [-0.3, -0.25) is 4.98 Å². The average molecular weight is 321 g/mol. The Morgan fingerprint density at radius 2 is 1.90 bits per heavy atom. The molecule has 0 atom stereocenters. The molecule has 3 aromatic rings. The molecule has 0 unspecified atom stereocenters. The molecule has 0 radical (unpaired) electrons. The second kappa shape index (κ2) is 5.83. The smallest absolute Gasteiger partial charge is 0.0926 e. The van der Waals surface area contributed by atoms with Crippen LogP contribution in [0.2, 0.25) is 10.0 Å². The van der Waals surface area contributed by atoms with Crippen molar-refractivity contribution in [1.29, 1.82) is 0 Å². The van der Waals surface area contributed by atoms with E-state index in [2.05, 4.69) is 10.3 Å². The van der Waals surface area contributed by atoms with E-state index < -0.39 is 0 Å². The fourth-order valence-electron chi connectivity index (χ4n) is 1.89. The van der Waals surface area contributed by atoms with Crippen molar-refractivity contribution in [3.05, 3.63) is 64.2 Å². The van der Waals surface area contributed by atoms with Crippen molar-refractivity contribution in [2.75, 3.05) is 5.32 Å². The summed E-state index contributed by atoms with van der Waals surface area (Å²) in [5.41, 5.74) is 2.88. The summed E-state index contributed by atoms with van der Waals surface area (Å²) >= 11 is 13.9. The van der Waals surface area contributed by atoms with E-state index in [9.17, 15) is 0 Å². The van der Waals surface area contributed by atoms with E-state index in [0.717, 1.165) is 21.8 Å². The molecule has 1 N–H and O–H groups in total. The number of nitrogens with zero attached hydrogens (tertiary/aromatic N) is 1. The van der Waals surface area contributed by atoms with E-state index in [-0.39, 0.29) is 0 Å². The second-order valence-electron chi connectivity index (χ2n) is 4.16. The van der Waals surface area contributed by atoms with Gasteiger partial charge in [-0.2, -0.15) is 0 Å². The second-order valence-corrected chi connectivity index (χ2v) is 5.92. The molecule has 0 spiro atoms. The molecule has 2 heterocycles. The quantitative estimate of drug-likeness (QED) is 0.653. The fourth-order valence-corrected chi connectivity index (χ4v) is 2.85. The van der Waals surface area contributed by atoms with Gasteiger partial charge in [0.2, 0.25) is 0 Å². The van der Waals surface area contributed by atoms with Crippen molar-refractivity contribution in [2.45, 2.75) is 0 Å². The van der Waals surface area contributed by atoms with Gasteiger partial charge >= 0.3 is 0 Å². The van der Waals surface area contributed by atoms with Crippen LogP contribution in [0.5, 0.6) is 0 Å². The third kappa shape index (κ3) is 2.80. The van der Waals surface area contributed by atoms with E-state index in [0.29, 0.717) is 10.0 Å². The third-order valence-electron chi connectivity index (χ3n) is 2.81. The molecule has 2 aromatic heterocycles. The van der Waals surface area contributed by atoms with Gasteiger partial charge in [-0.05, 0) is 35.7 Å². The molecule has 0 aliphatic rings. The van der Waals surface area contributed by atoms with E-state index in [4.69, 9.17) is 23.2 Å². The fraction of sp³-hybridized carbons (Fsp3) is 0. The highest BCUT2D eigenvalue weighted by Gasteiger charge is 2.10. The van der Waals surface area contributed by atoms with Gasteiger partial charge in [0.25, 0.3) is 0 Å².